The molecule has 0 aliphatic carbocycles. The quantitative estimate of drug-likeness (QED) is 0.846. The molecule has 0 atom stereocenters. The molecule has 0 bridgehead atoms. The van der Waals surface area contributed by atoms with Crippen molar-refractivity contribution in [2.45, 2.75) is 19.9 Å². The van der Waals surface area contributed by atoms with E-state index in [2.05, 4.69) is 31.2 Å². The molecule has 0 amide bonds. The standard InChI is InChI=1S/C14H14BrN3O/c1-8-2-3-9(6-11(8)15)13-17-12-7-16-5-4-10(12)14(19)18-13/h2-3,6,16H,4-5,7H2,1H3,(H,17,18,19). The molecular formula is C14H14BrN3O. The minimum Gasteiger partial charge on any atom is -0.311 e. The molecule has 2 aromatic rings. The molecule has 0 spiro atoms. The van der Waals surface area contributed by atoms with E-state index in [0.717, 1.165) is 39.8 Å². The number of H-pyrrole nitrogens is 1. The zero-order chi connectivity index (χ0) is 13.4. The van der Waals surface area contributed by atoms with Crippen molar-refractivity contribution in [3.63, 3.8) is 0 Å². The fourth-order valence-corrected chi connectivity index (χ4v) is 2.62. The van der Waals surface area contributed by atoms with Crippen LogP contribution in [0.15, 0.2) is 27.5 Å². The first-order chi connectivity index (χ1) is 9.15. The second kappa shape index (κ2) is 4.90. The van der Waals surface area contributed by atoms with Gasteiger partial charge in [0, 0.05) is 22.1 Å². The molecule has 1 aromatic carbocycles. The highest BCUT2D eigenvalue weighted by Gasteiger charge is 2.15. The smallest absolute Gasteiger partial charge is 0.254 e. The number of rotatable bonds is 1. The maximum atomic E-state index is 12.1. The molecule has 1 aliphatic rings. The van der Waals surface area contributed by atoms with Crippen molar-refractivity contribution in [3.8, 4) is 11.4 Å². The Balaban J connectivity index is 2.12. The van der Waals surface area contributed by atoms with Gasteiger partial charge in [-0.25, -0.2) is 4.98 Å². The molecule has 3 rings (SSSR count). The Hall–Kier alpha value is -1.46. The van der Waals surface area contributed by atoms with Gasteiger partial charge in [-0.05, 0) is 31.5 Å². The number of nitrogens with one attached hydrogen (secondary N) is 2. The first-order valence-electron chi connectivity index (χ1n) is 6.24. The number of aryl methyl sites for hydroxylation is 1. The van der Waals surface area contributed by atoms with Crippen molar-refractivity contribution in [1.29, 1.82) is 0 Å². The van der Waals surface area contributed by atoms with Crippen LogP contribution in [-0.2, 0) is 13.0 Å². The lowest BCUT2D eigenvalue weighted by molar-refractivity contribution is 0.619. The zero-order valence-corrected chi connectivity index (χ0v) is 12.2. The Morgan fingerprint density at radius 3 is 3.00 bits per heavy atom. The molecule has 1 aromatic heterocycles. The van der Waals surface area contributed by atoms with Gasteiger partial charge in [-0.2, -0.15) is 0 Å². The minimum atomic E-state index is -0.0156. The topological polar surface area (TPSA) is 57.8 Å². The average molecular weight is 320 g/mol. The lowest BCUT2D eigenvalue weighted by Gasteiger charge is -2.16. The minimum absolute atomic E-state index is 0.0156. The predicted octanol–water partition coefficient (Wildman–Crippen LogP) is 2.15. The van der Waals surface area contributed by atoms with Crippen LogP contribution in [-0.4, -0.2) is 16.5 Å². The molecule has 0 unspecified atom stereocenters. The average Bonchev–Trinajstić information content (AvgIpc) is 2.42. The second-order valence-corrected chi connectivity index (χ2v) is 5.58. The number of nitrogens with zero attached hydrogens (tertiary/aromatic N) is 1. The first kappa shape index (κ1) is 12.6. The van der Waals surface area contributed by atoms with Crippen LogP contribution >= 0.6 is 15.9 Å². The Bertz CT molecular complexity index is 694. The van der Waals surface area contributed by atoms with Crippen LogP contribution in [0.4, 0.5) is 0 Å². The van der Waals surface area contributed by atoms with Gasteiger partial charge in [-0.1, -0.05) is 28.1 Å². The highest BCUT2D eigenvalue weighted by molar-refractivity contribution is 9.10. The highest BCUT2D eigenvalue weighted by Crippen LogP contribution is 2.23. The Kier molecular flexibility index (Phi) is 3.24. The molecule has 0 saturated heterocycles. The number of aromatic nitrogens is 2. The van der Waals surface area contributed by atoms with E-state index in [0.29, 0.717) is 12.4 Å². The number of benzene rings is 1. The largest absolute Gasteiger partial charge is 0.311 e. The van der Waals surface area contributed by atoms with Gasteiger partial charge in [-0.15, -0.1) is 0 Å². The van der Waals surface area contributed by atoms with Crippen LogP contribution in [0.5, 0.6) is 0 Å². The molecular weight excluding hydrogens is 306 g/mol. The van der Waals surface area contributed by atoms with Gasteiger partial charge < -0.3 is 10.3 Å². The summed E-state index contributed by atoms with van der Waals surface area (Å²) >= 11 is 3.50. The zero-order valence-electron chi connectivity index (χ0n) is 10.6. The normalized spacial score (nSPS) is 14.2. The van der Waals surface area contributed by atoms with E-state index in [1.165, 1.54) is 0 Å². The van der Waals surface area contributed by atoms with Gasteiger partial charge in [0.2, 0.25) is 0 Å². The summed E-state index contributed by atoms with van der Waals surface area (Å²) in [6, 6.07) is 5.97. The molecule has 2 N–H and O–H groups in total. The van der Waals surface area contributed by atoms with Crippen LogP contribution in [0, 0.1) is 6.92 Å². The molecule has 2 heterocycles. The third kappa shape index (κ3) is 2.35. The van der Waals surface area contributed by atoms with Gasteiger partial charge in [0.1, 0.15) is 5.82 Å². The van der Waals surface area contributed by atoms with Crippen LogP contribution in [0.1, 0.15) is 16.8 Å². The predicted molar refractivity (Wildman–Crippen MR) is 78.1 cm³/mol. The van der Waals surface area contributed by atoms with Crippen molar-refractivity contribution < 1.29 is 0 Å². The Labute approximate surface area is 119 Å². The Morgan fingerprint density at radius 1 is 1.37 bits per heavy atom. The van der Waals surface area contributed by atoms with E-state index in [1.807, 2.05) is 25.1 Å². The second-order valence-electron chi connectivity index (χ2n) is 4.73. The third-order valence-corrected chi connectivity index (χ3v) is 4.24. The van der Waals surface area contributed by atoms with Gasteiger partial charge in [-0.3, -0.25) is 4.79 Å². The molecule has 0 saturated carbocycles. The fraction of sp³-hybridized carbons (Fsp3) is 0.286. The van der Waals surface area contributed by atoms with Gasteiger partial charge in [0.15, 0.2) is 0 Å². The number of fused-ring (bicyclic) bond motifs is 1. The van der Waals surface area contributed by atoms with E-state index in [9.17, 15) is 4.79 Å². The van der Waals surface area contributed by atoms with Crippen molar-refractivity contribution in [1.82, 2.24) is 15.3 Å². The summed E-state index contributed by atoms with van der Waals surface area (Å²) in [5, 5.41) is 3.24. The lowest BCUT2D eigenvalue weighted by Crippen LogP contribution is -2.31. The number of halogens is 1. The summed E-state index contributed by atoms with van der Waals surface area (Å²) in [6.45, 7) is 3.54. The van der Waals surface area contributed by atoms with E-state index in [-0.39, 0.29) is 5.56 Å². The van der Waals surface area contributed by atoms with Crippen molar-refractivity contribution in [2.24, 2.45) is 0 Å². The number of hydrogen-bond acceptors (Lipinski definition) is 3. The van der Waals surface area contributed by atoms with Gasteiger partial charge in [0.25, 0.3) is 5.56 Å². The van der Waals surface area contributed by atoms with Crippen LogP contribution < -0.4 is 10.9 Å². The molecule has 1 aliphatic heterocycles. The van der Waals surface area contributed by atoms with E-state index < -0.39 is 0 Å². The maximum absolute atomic E-state index is 12.1. The number of hydrogen-bond donors (Lipinski definition) is 2. The molecule has 0 fully saturated rings. The van der Waals surface area contributed by atoms with Crippen molar-refractivity contribution >= 4 is 15.9 Å². The summed E-state index contributed by atoms with van der Waals surface area (Å²) in [4.78, 5) is 19.5. The lowest BCUT2D eigenvalue weighted by atomic mass is 10.1. The van der Waals surface area contributed by atoms with E-state index in [1.54, 1.807) is 0 Å². The van der Waals surface area contributed by atoms with Gasteiger partial charge in [0.05, 0.1) is 5.69 Å². The molecule has 98 valence electrons. The third-order valence-electron chi connectivity index (χ3n) is 3.39. The fourth-order valence-electron chi connectivity index (χ4n) is 2.25. The molecule has 5 heteroatoms. The maximum Gasteiger partial charge on any atom is 0.254 e. The molecule has 19 heavy (non-hydrogen) atoms. The monoisotopic (exact) mass is 319 g/mol. The van der Waals surface area contributed by atoms with E-state index in [4.69, 9.17) is 0 Å². The first-order valence-corrected chi connectivity index (χ1v) is 7.04. The Morgan fingerprint density at radius 2 is 2.21 bits per heavy atom. The molecule has 0 radical (unpaired) electrons. The van der Waals surface area contributed by atoms with Crippen LogP contribution in [0.2, 0.25) is 0 Å². The SMILES string of the molecule is Cc1ccc(-c2nc3c(c(=O)[nH]2)CCNC3)cc1Br. The summed E-state index contributed by atoms with van der Waals surface area (Å²) in [7, 11) is 0. The highest BCUT2D eigenvalue weighted by atomic mass is 79.9. The van der Waals surface area contributed by atoms with E-state index >= 15 is 0 Å². The number of aromatic amines is 1. The van der Waals surface area contributed by atoms with Gasteiger partial charge >= 0.3 is 0 Å². The molecule has 4 nitrogen and oxygen atoms in total. The summed E-state index contributed by atoms with van der Waals surface area (Å²) in [6.07, 6.45) is 0.746. The van der Waals surface area contributed by atoms with Crippen molar-refractivity contribution in [3.05, 3.63) is 49.8 Å². The van der Waals surface area contributed by atoms with Crippen LogP contribution in [0.25, 0.3) is 11.4 Å². The summed E-state index contributed by atoms with van der Waals surface area (Å²) < 4.78 is 1.02. The summed E-state index contributed by atoms with van der Waals surface area (Å²) in [5.74, 6) is 0.633. The van der Waals surface area contributed by atoms with Crippen molar-refractivity contribution in [2.75, 3.05) is 6.54 Å². The van der Waals surface area contributed by atoms with Crippen LogP contribution in [0.3, 0.4) is 0 Å². The summed E-state index contributed by atoms with van der Waals surface area (Å²) in [5.41, 5.74) is 3.74.